The lowest BCUT2D eigenvalue weighted by Gasteiger charge is -2.33. The van der Waals surface area contributed by atoms with Gasteiger partial charge in [-0.2, -0.15) is 0 Å². The van der Waals surface area contributed by atoms with Crippen molar-refractivity contribution in [3.63, 3.8) is 0 Å². The standard InChI is InChI=1S/C67H52N4O2/c1-5-68-63-21-13-9-17-55(63)57-39-45(29-37-65(57)68)70(43-23-31-49(72-3)32-24-43)47-27-35-53-54-36-28-48(42-62(54)67(61(53)41-47)59-19-11-7-15-51(59)52-16-8-12-20-60(52)67)71(44-25-33-50(73-4)34-26-44)46-30-38-66-58(40-46)56-18-10-14-22-64(56)69(66)6-2/h7-42H,5-6H2,1-4H3. The smallest absolute Gasteiger partial charge is 0.119 e. The monoisotopic (exact) mass is 944 g/mol. The Kier molecular flexibility index (Phi) is 9.71. The summed E-state index contributed by atoms with van der Waals surface area (Å²) in [7, 11) is 3.46. The van der Waals surface area contributed by atoms with E-state index in [-0.39, 0.29) is 0 Å². The third kappa shape index (κ3) is 6.16. The van der Waals surface area contributed by atoms with Crippen molar-refractivity contribution < 1.29 is 9.47 Å². The van der Waals surface area contributed by atoms with Gasteiger partial charge in [0.1, 0.15) is 11.5 Å². The highest BCUT2D eigenvalue weighted by Gasteiger charge is 2.52. The Bertz CT molecular complexity index is 3890. The second-order valence-electron chi connectivity index (χ2n) is 19.3. The van der Waals surface area contributed by atoms with E-state index in [1.807, 2.05) is 0 Å². The first-order valence-corrected chi connectivity index (χ1v) is 25.4. The summed E-state index contributed by atoms with van der Waals surface area (Å²) >= 11 is 0. The number of hydrogen-bond acceptors (Lipinski definition) is 4. The molecule has 0 fully saturated rings. The quantitative estimate of drug-likeness (QED) is 0.137. The number of para-hydroxylation sites is 2. The van der Waals surface area contributed by atoms with Gasteiger partial charge < -0.3 is 28.4 Å². The predicted octanol–water partition coefficient (Wildman–Crippen LogP) is 17.2. The lowest BCUT2D eigenvalue weighted by Crippen LogP contribution is -2.26. The van der Waals surface area contributed by atoms with E-state index in [9.17, 15) is 0 Å². The Morgan fingerprint density at radius 1 is 0.329 bits per heavy atom. The molecular weight excluding hydrogens is 893 g/mol. The molecule has 0 aliphatic heterocycles. The van der Waals surface area contributed by atoms with Crippen molar-refractivity contribution in [3.05, 3.63) is 241 Å². The molecule has 0 N–H and O–H groups in total. The summed E-state index contributed by atoms with van der Waals surface area (Å²) in [5.74, 6) is 1.64. The highest BCUT2D eigenvalue weighted by Crippen LogP contribution is 2.64. The van der Waals surface area contributed by atoms with Crippen LogP contribution in [0.15, 0.2) is 218 Å². The maximum Gasteiger partial charge on any atom is 0.119 e. The topological polar surface area (TPSA) is 34.8 Å². The van der Waals surface area contributed by atoms with Gasteiger partial charge in [-0.15, -0.1) is 0 Å². The first-order chi connectivity index (χ1) is 36.0. The molecule has 0 saturated heterocycles. The summed E-state index contributed by atoms with van der Waals surface area (Å²) in [6.07, 6.45) is 0. The summed E-state index contributed by atoms with van der Waals surface area (Å²) in [6, 6.07) is 80.9. The van der Waals surface area contributed by atoms with Gasteiger partial charge in [-0.25, -0.2) is 0 Å². The van der Waals surface area contributed by atoms with Gasteiger partial charge >= 0.3 is 0 Å². The van der Waals surface area contributed by atoms with Crippen LogP contribution >= 0.6 is 0 Å². The van der Waals surface area contributed by atoms with Gasteiger partial charge in [-0.1, -0.05) is 97.1 Å². The number of benzene rings is 10. The number of aryl methyl sites for hydroxylation is 2. The van der Waals surface area contributed by atoms with Gasteiger partial charge in [-0.05, 0) is 180 Å². The van der Waals surface area contributed by atoms with E-state index in [0.717, 1.165) is 58.7 Å². The molecule has 10 aromatic carbocycles. The summed E-state index contributed by atoms with van der Waals surface area (Å²) in [5.41, 5.74) is 20.9. The van der Waals surface area contributed by atoms with E-state index >= 15 is 0 Å². The second kappa shape index (κ2) is 16.5. The first kappa shape index (κ1) is 42.8. The SMILES string of the molecule is CCn1c2ccccc2c2cc(N(c3ccc(OC)cc3)c3ccc4c(c3)C3(c5ccccc5-c5ccccc53)c3cc(N(c5ccc(OC)cc5)c5ccc6c(c5)c5ccccc5n6CC)ccc3-4)ccc21. The van der Waals surface area contributed by atoms with E-state index in [1.165, 1.54) is 88.1 Å². The molecule has 0 amide bonds. The Morgan fingerprint density at radius 2 is 0.671 bits per heavy atom. The van der Waals surface area contributed by atoms with Crippen molar-refractivity contribution in [2.75, 3.05) is 24.0 Å². The van der Waals surface area contributed by atoms with Crippen molar-refractivity contribution in [1.29, 1.82) is 0 Å². The van der Waals surface area contributed by atoms with E-state index in [4.69, 9.17) is 9.47 Å². The first-order valence-electron chi connectivity index (χ1n) is 25.4. The molecule has 0 unspecified atom stereocenters. The molecule has 0 radical (unpaired) electrons. The third-order valence-electron chi connectivity index (χ3n) is 15.9. The lowest BCUT2D eigenvalue weighted by atomic mass is 9.70. The minimum absolute atomic E-state index is 0.627. The molecule has 2 heterocycles. The van der Waals surface area contributed by atoms with E-state index < -0.39 is 5.41 Å². The highest BCUT2D eigenvalue weighted by molar-refractivity contribution is 6.11. The van der Waals surface area contributed by atoms with Gasteiger partial charge in [0.15, 0.2) is 0 Å². The van der Waals surface area contributed by atoms with Crippen LogP contribution in [0.3, 0.4) is 0 Å². The van der Waals surface area contributed by atoms with Crippen LogP contribution < -0.4 is 19.3 Å². The lowest BCUT2D eigenvalue weighted by molar-refractivity contribution is 0.414. The molecular formula is C67H52N4O2. The molecule has 0 saturated carbocycles. The van der Waals surface area contributed by atoms with Crippen molar-refractivity contribution in [2.24, 2.45) is 0 Å². The Labute approximate surface area is 425 Å². The van der Waals surface area contributed by atoms with Crippen molar-refractivity contribution in [1.82, 2.24) is 9.13 Å². The van der Waals surface area contributed by atoms with Crippen molar-refractivity contribution in [2.45, 2.75) is 32.4 Å². The second-order valence-corrected chi connectivity index (χ2v) is 19.3. The Morgan fingerprint density at radius 3 is 1.10 bits per heavy atom. The van der Waals surface area contributed by atoms with E-state index in [1.54, 1.807) is 14.2 Å². The summed E-state index contributed by atoms with van der Waals surface area (Å²) in [4.78, 5) is 4.84. The van der Waals surface area contributed by atoms with Crippen LogP contribution in [0.1, 0.15) is 36.1 Å². The molecule has 1 spiro atoms. The number of nitrogens with zero attached hydrogens (tertiary/aromatic N) is 4. The predicted molar refractivity (Wildman–Crippen MR) is 303 cm³/mol. The largest absolute Gasteiger partial charge is 0.497 e. The normalized spacial score (nSPS) is 12.9. The molecule has 14 rings (SSSR count). The zero-order valence-corrected chi connectivity index (χ0v) is 41.3. The van der Waals surface area contributed by atoms with Gasteiger partial charge in [0.2, 0.25) is 0 Å². The Balaban J connectivity index is 1.01. The molecule has 12 aromatic rings. The van der Waals surface area contributed by atoms with Crippen molar-refractivity contribution in [3.8, 4) is 33.8 Å². The van der Waals surface area contributed by atoms with Crippen LogP contribution in [-0.4, -0.2) is 23.4 Å². The number of aromatic nitrogens is 2. The zero-order chi connectivity index (χ0) is 49.0. The molecule has 6 nitrogen and oxygen atoms in total. The van der Waals surface area contributed by atoms with Crippen molar-refractivity contribution >= 4 is 77.7 Å². The fourth-order valence-electron chi connectivity index (χ4n) is 12.8. The molecule has 2 aromatic heterocycles. The van der Waals surface area contributed by atoms with Gasteiger partial charge in [0.25, 0.3) is 0 Å². The summed E-state index contributed by atoms with van der Waals surface area (Å²) in [6.45, 7) is 6.24. The number of rotatable bonds is 10. The summed E-state index contributed by atoms with van der Waals surface area (Å²) < 4.78 is 16.3. The molecule has 73 heavy (non-hydrogen) atoms. The van der Waals surface area contributed by atoms with Crippen LogP contribution in [-0.2, 0) is 18.5 Å². The molecule has 2 aliphatic rings. The van der Waals surface area contributed by atoms with Gasteiger partial charge in [0.05, 0.1) is 19.6 Å². The highest BCUT2D eigenvalue weighted by atomic mass is 16.5. The number of fused-ring (bicyclic) bond motifs is 16. The average Bonchev–Trinajstić information content (AvgIpc) is 4.16. The fourth-order valence-corrected chi connectivity index (χ4v) is 12.8. The minimum atomic E-state index is -0.627. The maximum atomic E-state index is 5.71. The molecule has 2 aliphatic carbocycles. The molecule has 0 atom stereocenters. The van der Waals surface area contributed by atoms with Gasteiger partial charge in [-0.3, -0.25) is 0 Å². The van der Waals surface area contributed by atoms with E-state index in [0.29, 0.717) is 0 Å². The third-order valence-corrected chi connectivity index (χ3v) is 15.9. The average molecular weight is 945 g/mol. The Hall–Kier alpha value is -9.00. The van der Waals surface area contributed by atoms with Crippen LogP contribution in [0.4, 0.5) is 34.1 Å². The van der Waals surface area contributed by atoms with E-state index in [2.05, 4.69) is 251 Å². The zero-order valence-electron chi connectivity index (χ0n) is 41.3. The minimum Gasteiger partial charge on any atom is -0.497 e. The van der Waals surface area contributed by atoms with Crippen LogP contribution in [0, 0.1) is 0 Å². The summed E-state index contributed by atoms with van der Waals surface area (Å²) in [5, 5.41) is 4.98. The number of ether oxygens (including phenoxy) is 2. The molecule has 6 heteroatoms. The number of anilines is 6. The van der Waals surface area contributed by atoms with Crippen LogP contribution in [0.2, 0.25) is 0 Å². The van der Waals surface area contributed by atoms with Gasteiger partial charge in [0, 0.05) is 90.8 Å². The maximum absolute atomic E-state index is 5.71. The fraction of sp³-hybridized carbons (Fsp3) is 0.104. The number of hydrogen-bond donors (Lipinski definition) is 0. The van der Waals surface area contributed by atoms with Crippen LogP contribution in [0.25, 0.3) is 65.9 Å². The number of methoxy groups -OCH3 is 2. The molecule has 0 bridgehead atoms. The van der Waals surface area contributed by atoms with Crippen LogP contribution in [0.5, 0.6) is 11.5 Å². The molecule has 352 valence electrons.